The SMILES string of the molecule is CN(CC(=O)Nc1ccccc1Cl)C(=O)c1ccc(C2SCCCS2)cc1. The van der Waals surface area contributed by atoms with Crippen molar-refractivity contribution in [1.82, 2.24) is 4.90 Å². The summed E-state index contributed by atoms with van der Waals surface area (Å²) in [6.45, 7) is -0.0415. The van der Waals surface area contributed by atoms with Gasteiger partial charge in [-0.2, -0.15) is 0 Å². The molecule has 1 N–H and O–H groups in total. The van der Waals surface area contributed by atoms with Crippen LogP contribution in [0.2, 0.25) is 5.02 Å². The summed E-state index contributed by atoms with van der Waals surface area (Å²) in [7, 11) is 1.62. The predicted octanol–water partition coefficient (Wildman–Crippen LogP) is 4.92. The number of nitrogens with zero attached hydrogens (tertiary/aromatic N) is 1. The third kappa shape index (κ3) is 5.43. The average molecular weight is 421 g/mol. The van der Waals surface area contributed by atoms with Gasteiger partial charge in [0.25, 0.3) is 5.91 Å². The normalized spacial score (nSPS) is 14.6. The van der Waals surface area contributed by atoms with E-state index >= 15 is 0 Å². The number of likely N-dealkylation sites (N-methyl/N-ethyl adjacent to an activating group) is 1. The first-order valence-corrected chi connectivity index (χ1v) is 11.1. The average Bonchev–Trinajstić information content (AvgIpc) is 2.70. The Morgan fingerprint density at radius 1 is 1.11 bits per heavy atom. The van der Waals surface area contributed by atoms with E-state index in [2.05, 4.69) is 5.32 Å². The standard InChI is InChI=1S/C20H21ClN2O2S2/c1-23(13-18(24)22-17-6-3-2-5-16(17)21)19(25)14-7-9-15(10-8-14)20-26-11-4-12-27-20/h2-3,5-10,20H,4,11-13H2,1H3,(H,22,24). The smallest absolute Gasteiger partial charge is 0.254 e. The summed E-state index contributed by atoms with van der Waals surface area (Å²) in [5.74, 6) is 1.90. The van der Waals surface area contributed by atoms with Crippen LogP contribution in [0.5, 0.6) is 0 Å². The maximum Gasteiger partial charge on any atom is 0.254 e. The lowest BCUT2D eigenvalue weighted by molar-refractivity contribution is -0.116. The topological polar surface area (TPSA) is 49.4 Å². The zero-order chi connectivity index (χ0) is 19.2. The number of thioether (sulfide) groups is 2. The van der Waals surface area contributed by atoms with Crippen molar-refractivity contribution in [2.45, 2.75) is 11.0 Å². The van der Waals surface area contributed by atoms with Crippen LogP contribution in [0.4, 0.5) is 5.69 Å². The maximum atomic E-state index is 12.6. The number of halogens is 1. The molecule has 0 atom stereocenters. The molecule has 0 radical (unpaired) electrons. The van der Waals surface area contributed by atoms with Crippen molar-refractivity contribution in [3.8, 4) is 0 Å². The van der Waals surface area contributed by atoms with E-state index in [1.807, 2.05) is 47.8 Å². The number of amides is 2. The molecule has 2 aromatic carbocycles. The molecular formula is C20H21ClN2O2S2. The van der Waals surface area contributed by atoms with Crippen molar-refractivity contribution in [2.24, 2.45) is 0 Å². The van der Waals surface area contributed by atoms with E-state index in [1.54, 1.807) is 31.3 Å². The Kier molecular flexibility index (Phi) is 7.10. The minimum Gasteiger partial charge on any atom is -0.332 e. The van der Waals surface area contributed by atoms with Gasteiger partial charge in [-0.3, -0.25) is 9.59 Å². The monoisotopic (exact) mass is 420 g/mol. The van der Waals surface area contributed by atoms with Crippen LogP contribution in [-0.4, -0.2) is 41.8 Å². The van der Waals surface area contributed by atoms with Crippen LogP contribution in [0, 0.1) is 0 Å². The van der Waals surface area contributed by atoms with Crippen LogP contribution >= 0.6 is 35.1 Å². The highest BCUT2D eigenvalue weighted by Gasteiger charge is 2.19. The zero-order valence-electron chi connectivity index (χ0n) is 15.0. The first-order valence-electron chi connectivity index (χ1n) is 8.67. The summed E-state index contributed by atoms with van der Waals surface area (Å²) >= 11 is 9.95. The molecule has 4 nitrogen and oxygen atoms in total. The summed E-state index contributed by atoms with van der Waals surface area (Å²) in [6, 6.07) is 14.7. The van der Waals surface area contributed by atoms with Gasteiger partial charge < -0.3 is 10.2 Å². The minimum atomic E-state index is -0.287. The van der Waals surface area contributed by atoms with Crippen molar-refractivity contribution in [1.29, 1.82) is 0 Å². The molecule has 3 rings (SSSR count). The van der Waals surface area contributed by atoms with Gasteiger partial charge in [0.2, 0.25) is 5.91 Å². The van der Waals surface area contributed by atoms with E-state index in [9.17, 15) is 9.59 Å². The minimum absolute atomic E-state index is 0.0415. The highest BCUT2D eigenvalue weighted by atomic mass is 35.5. The number of hydrogen-bond donors (Lipinski definition) is 1. The quantitative estimate of drug-likeness (QED) is 0.745. The largest absolute Gasteiger partial charge is 0.332 e. The van der Waals surface area contributed by atoms with E-state index in [-0.39, 0.29) is 18.4 Å². The van der Waals surface area contributed by atoms with E-state index in [4.69, 9.17) is 11.6 Å². The summed E-state index contributed by atoms with van der Waals surface area (Å²) in [5.41, 5.74) is 2.36. The maximum absolute atomic E-state index is 12.6. The van der Waals surface area contributed by atoms with Gasteiger partial charge in [0.05, 0.1) is 21.8 Å². The van der Waals surface area contributed by atoms with E-state index < -0.39 is 0 Å². The van der Waals surface area contributed by atoms with Gasteiger partial charge in [-0.05, 0) is 47.8 Å². The van der Waals surface area contributed by atoms with Gasteiger partial charge in [0, 0.05) is 12.6 Å². The lowest BCUT2D eigenvalue weighted by Crippen LogP contribution is -2.35. The molecule has 1 aliphatic heterocycles. The Hall–Kier alpha value is -1.63. The van der Waals surface area contributed by atoms with Gasteiger partial charge in [0.1, 0.15) is 0 Å². The lowest BCUT2D eigenvalue weighted by Gasteiger charge is -2.22. The van der Waals surface area contributed by atoms with Gasteiger partial charge in [-0.15, -0.1) is 23.5 Å². The molecule has 0 saturated carbocycles. The number of benzene rings is 2. The fourth-order valence-electron chi connectivity index (χ4n) is 2.72. The van der Waals surface area contributed by atoms with Gasteiger partial charge in [0.15, 0.2) is 0 Å². The first kappa shape index (κ1) is 20.1. The molecule has 1 heterocycles. The van der Waals surface area contributed by atoms with E-state index in [1.165, 1.54) is 28.4 Å². The van der Waals surface area contributed by atoms with Gasteiger partial charge in [-0.1, -0.05) is 35.9 Å². The molecule has 1 aliphatic rings. The van der Waals surface area contributed by atoms with Crippen LogP contribution < -0.4 is 5.32 Å². The Morgan fingerprint density at radius 2 is 1.78 bits per heavy atom. The summed E-state index contributed by atoms with van der Waals surface area (Å²) in [4.78, 5) is 26.2. The summed E-state index contributed by atoms with van der Waals surface area (Å²) in [5, 5.41) is 3.20. The van der Waals surface area contributed by atoms with Crippen molar-refractivity contribution in [2.75, 3.05) is 30.4 Å². The van der Waals surface area contributed by atoms with Crippen LogP contribution in [0.15, 0.2) is 48.5 Å². The van der Waals surface area contributed by atoms with Gasteiger partial charge in [-0.25, -0.2) is 0 Å². The molecule has 1 saturated heterocycles. The molecule has 0 spiro atoms. The Balaban J connectivity index is 1.58. The van der Waals surface area contributed by atoms with Crippen LogP contribution in [0.1, 0.15) is 26.9 Å². The first-order chi connectivity index (χ1) is 13.0. The number of carbonyl (C=O) groups is 2. The molecule has 0 aliphatic carbocycles. The molecule has 2 amide bonds. The fraction of sp³-hybridized carbons (Fsp3) is 0.300. The molecule has 27 heavy (non-hydrogen) atoms. The Morgan fingerprint density at radius 3 is 2.44 bits per heavy atom. The fourth-order valence-corrected chi connectivity index (χ4v) is 5.80. The molecule has 0 bridgehead atoms. The van der Waals surface area contributed by atoms with Crippen molar-refractivity contribution in [3.05, 3.63) is 64.7 Å². The van der Waals surface area contributed by atoms with Gasteiger partial charge >= 0.3 is 0 Å². The second-order valence-electron chi connectivity index (χ2n) is 6.24. The highest BCUT2D eigenvalue weighted by molar-refractivity contribution is 8.16. The van der Waals surface area contributed by atoms with Crippen molar-refractivity contribution in [3.63, 3.8) is 0 Å². The number of nitrogens with one attached hydrogen (secondary N) is 1. The number of hydrogen-bond acceptors (Lipinski definition) is 4. The molecule has 7 heteroatoms. The summed E-state index contributed by atoms with van der Waals surface area (Å²) < 4.78 is 0.446. The number of para-hydroxylation sites is 1. The number of carbonyl (C=O) groups excluding carboxylic acids is 2. The van der Waals surface area contributed by atoms with E-state index in [0.29, 0.717) is 20.9 Å². The predicted molar refractivity (Wildman–Crippen MR) is 116 cm³/mol. The molecule has 0 aromatic heterocycles. The zero-order valence-corrected chi connectivity index (χ0v) is 17.4. The third-order valence-electron chi connectivity index (χ3n) is 4.13. The van der Waals surface area contributed by atoms with E-state index in [0.717, 1.165) is 0 Å². The molecule has 1 fully saturated rings. The molecule has 142 valence electrons. The second kappa shape index (κ2) is 9.53. The number of rotatable bonds is 5. The third-order valence-corrected chi connectivity index (χ3v) is 7.48. The second-order valence-corrected chi connectivity index (χ2v) is 9.37. The molecular weight excluding hydrogens is 400 g/mol. The van der Waals surface area contributed by atoms with Crippen molar-refractivity contribution >= 4 is 52.6 Å². The molecule has 0 unspecified atom stereocenters. The van der Waals surface area contributed by atoms with Crippen LogP contribution in [-0.2, 0) is 4.79 Å². The lowest BCUT2D eigenvalue weighted by atomic mass is 10.1. The van der Waals surface area contributed by atoms with Crippen LogP contribution in [0.25, 0.3) is 0 Å². The van der Waals surface area contributed by atoms with Crippen molar-refractivity contribution < 1.29 is 9.59 Å². The van der Waals surface area contributed by atoms with Crippen LogP contribution in [0.3, 0.4) is 0 Å². The molecule has 2 aromatic rings. The highest BCUT2D eigenvalue weighted by Crippen LogP contribution is 2.43. The Bertz CT molecular complexity index is 808. The Labute approximate surface area is 173 Å². The number of anilines is 1. The summed E-state index contributed by atoms with van der Waals surface area (Å²) in [6.07, 6.45) is 1.25.